The number of halogens is 1. The number of carbonyl (C=O) groups is 1. The van der Waals surface area contributed by atoms with E-state index in [1.165, 1.54) is 12.1 Å². The molecule has 0 atom stereocenters. The van der Waals surface area contributed by atoms with Gasteiger partial charge in [-0.25, -0.2) is 4.39 Å². The van der Waals surface area contributed by atoms with Gasteiger partial charge >= 0.3 is 0 Å². The number of amides is 1. The second-order valence-electron chi connectivity index (χ2n) is 4.66. The van der Waals surface area contributed by atoms with Crippen molar-refractivity contribution >= 4 is 11.6 Å². The van der Waals surface area contributed by atoms with Gasteiger partial charge in [0.15, 0.2) is 0 Å². The third-order valence-corrected chi connectivity index (χ3v) is 3.32. The summed E-state index contributed by atoms with van der Waals surface area (Å²) in [6, 6.07) is 6.31. The average Bonchev–Trinajstić information content (AvgIpc) is 2.63. The molecule has 0 aliphatic carbocycles. The van der Waals surface area contributed by atoms with E-state index < -0.39 is 5.82 Å². The number of nitrogens with zero attached hydrogens (tertiary/aromatic N) is 3. The Kier molecular flexibility index (Phi) is 4.00. The number of anilines is 1. The summed E-state index contributed by atoms with van der Waals surface area (Å²) in [6.45, 7) is 4.34. The number of nitriles is 1. The molecule has 0 saturated carbocycles. The van der Waals surface area contributed by atoms with Crippen molar-refractivity contribution in [1.82, 2.24) is 4.90 Å². The molecule has 0 aromatic heterocycles. The monoisotopic (exact) mass is 261 g/mol. The van der Waals surface area contributed by atoms with Gasteiger partial charge in [-0.3, -0.25) is 4.79 Å². The minimum atomic E-state index is -0.401. The van der Waals surface area contributed by atoms with Gasteiger partial charge in [-0.15, -0.1) is 0 Å². The Morgan fingerprint density at radius 3 is 2.74 bits per heavy atom. The molecule has 0 spiro atoms. The highest BCUT2D eigenvalue weighted by Gasteiger charge is 2.17. The van der Waals surface area contributed by atoms with Crippen molar-refractivity contribution in [3.63, 3.8) is 0 Å². The Bertz CT molecular complexity index is 524. The summed E-state index contributed by atoms with van der Waals surface area (Å²) in [4.78, 5) is 15.2. The molecular formula is C14H16FN3O. The van der Waals surface area contributed by atoms with Crippen LogP contribution in [0, 0.1) is 17.1 Å². The number of hydrogen-bond acceptors (Lipinski definition) is 3. The van der Waals surface area contributed by atoms with Crippen LogP contribution < -0.4 is 4.90 Å². The maximum absolute atomic E-state index is 13.4. The Morgan fingerprint density at radius 1 is 1.26 bits per heavy atom. The topological polar surface area (TPSA) is 47.3 Å². The highest BCUT2D eigenvalue weighted by molar-refractivity contribution is 5.73. The minimum Gasteiger partial charge on any atom is -0.370 e. The molecule has 1 heterocycles. The molecule has 1 aromatic carbocycles. The average molecular weight is 261 g/mol. The summed E-state index contributed by atoms with van der Waals surface area (Å²) in [5.74, 6) is -0.333. The van der Waals surface area contributed by atoms with Crippen LogP contribution in [-0.2, 0) is 4.79 Å². The van der Waals surface area contributed by atoms with Gasteiger partial charge < -0.3 is 9.80 Å². The van der Waals surface area contributed by atoms with Gasteiger partial charge in [0.25, 0.3) is 0 Å². The lowest BCUT2D eigenvalue weighted by atomic mass is 10.2. The molecule has 0 unspecified atom stereocenters. The summed E-state index contributed by atoms with van der Waals surface area (Å²) >= 11 is 0. The highest BCUT2D eigenvalue weighted by atomic mass is 19.1. The maximum Gasteiger partial charge on any atom is 0.219 e. The Labute approximate surface area is 112 Å². The second-order valence-corrected chi connectivity index (χ2v) is 4.66. The van der Waals surface area contributed by atoms with E-state index >= 15 is 0 Å². The molecule has 0 bridgehead atoms. The summed E-state index contributed by atoms with van der Waals surface area (Å²) in [5.41, 5.74) is 1.03. The molecule has 1 aliphatic rings. The van der Waals surface area contributed by atoms with Crippen LogP contribution in [0.15, 0.2) is 18.2 Å². The van der Waals surface area contributed by atoms with Gasteiger partial charge in [0.1, 0.15) is 5.82 Å². The van der Waals surface area contributed by atoms with Gasteiger partial charge in [-0.2, -0.15) is 5.26 Å². The zero-order valence-corrected chi connectivity index (χ0v) is 10.9. The smallest absolute Gasteiger partial charge is 0.219 e. The van der Waals surface area contributed by atoms with Gasteiger partial charge in [-0.05, 0) is 24.6 Å². The predicted octanol–water partition coefficient (Wildman–Crippen LogP) is 1.76. The fraction of sp³-hybridized carbons (Fsp3) is 0.429. The third kappa shape index (κ3) is 3.22. The van der Waals surface area contributed by atoms with Crippen LogP contribution >= 0.6 is 0 Å². The highest BCUT2D eigenvalue weighted by Crippen LogP contribution is 2.20. The molecule has 1 aliphatic heterocycles. The molecule has 0 radical (unpaired) electrons. The van der Waals surface area contributed by atoms with E-state index in [1.807, 2.05) is 11.0 Å². The van der Waals surface area contributed by atoms with E-state index in [1.54, 1.807) is 17.9 Å². The Balaban J connectivity index is 2.16. The molecule has 100 valence electrons. The zero-order chi connectivity index (χ0) is 13.8. The first-order chi connectivity index (χ1) is 9.10. The largest absolute Gasteiger partial charge is 0.370 e. The molecule has 1 fully saturated rings. The SMILES string of the molecule is CC(=O)N1CCCN(c2cc(F)cc(C#N)c2)CC1. The molecule has 1 amide bonds. The fourth-order valence-electron chi connectivity index (χ4n) is 2.31. The lowest BCUT2D eigenvalue weighted by molar-refractivity contribution is -0.128. The van der Waals surface area contributed by atoms with Crippen LogP contribution in [0.1, 0.15) is 18.9 Å². The summed E-state index contributed by atoms with van der Waals surface area (Å²) in [5, 5.41) is 8.87. The van der Waals surface area contributed by atoms with Crippen LogP contribution in [0.3, 0.4) is 0 Å². The van der Waals surface area contributed by atoms with Gasteiger partial charge in [0.2, 0.25) is 5.91 Å². The molecule has 19 heavy (non-hydrogen) atoms. The van der Waals surface area contributed by atoms with Gasteiger partial charge in [0, 0.05) is 38.8 Å². The second kappa shape index (κ2) is 5.70. The van der Waals surface area contributed by atoms with Crippen molar-refractivity contribution in [2.75, 3.05) is 31.1 Å². The third-order valence-electron chi connectivity index (χ3n) is 3.32. The van der Waals surface area contributed by atoms with Crippen molar-refractivity contribution in [2.24, 2.45) is 0 Å². The Hall–Kier alpha value is -2.09. The van der Waals surface area contributed by atoms with Gasteiger partial charge in [-0.1, -0.05) is 0 Å². The zero-order valence-electron chi connectivity index (χ0n) is 10.9. The van der Waals surface area contributed by atoms with E-state index in [4.69, 9.17) is 5.26 Å². The van der Waals surface area contributed by atoms with Crippen LogP contribution in [0.2, 0.25) is 0 Å². The van der Waals surface area contributed by atoms with E-state index in [0.717, 1.165) is 19.5 Å². The van der Waals surface area contributed by atoms with E-state index in [-0.39, 0.29) is 5.91 Å². The molecule has 1 aromatic rings. The number of benzene rings is 1. The first kappa shape index (κ1) is 13.3. The van der Waals surface area contributed by atoms with Crippen LogP contribution in [0.4, 0.5) is 10.1 Å². The lowest BCUT2D eigenvalue weighted by Gasteiger charge is -2.23. The summed E-state index contributed by atoms with van der Waals surface area (Å²) < 4.78 is 13.4. The first-order valence-electron chi connectivity index (χ1n) is 6.31. The van der Waals surface area contributed by atoms with E-state index in [9.17, 15) is 9.18 Å². The standard InChI is InChI=1S/C14H16FN3O/c1-11(19)17-3-2-4-18(6-5-17)14-8-12(10-16)7-13(15)9-14/h7-9H,2-6H2,1H3. The van der Waals surface area contributed by atoms with E-state index in [0.29, 0.717) is 24.3 Å². The first-order valence-corrected chi connectivity index (χ1v) is 6.31. The predicted molar refractivity (Wildman–Crippen MR) is 70.2 cm³/mol. The normalized spacial score (nSPS) is 15.8. The van der Waals surface area contributed by atoms with Crippen molar-refractivity contribution in [3.8, 4) is 6.07 Å². The molecule has 2 rings (SSSR count). The minimum absolute atomic E-state index is 0.0683. The Morgan fingerprint density at radius 2 is 2.05 bits per heavy atom. The van der Waals surface area contributed by atoms with Crippen molar-refractivity contribution in [1.29, 1.82) is 5.26 Å². The lowest BCUT2D eigenvalue weighted by Crippen LogP contribution is -2.33. The number of rotatable bonds is 1. The number of hydrogen-bond donors (Lipinski definition) is 0. The maximum atomic E-state index is 13.4. The van der Waals surface area contributed by atoms with Crippen LogP contribution in [-0.4, -0.2) is 37.0 Å². The molecular weight excluding hydrogens is 245 g/mol. The van der Waals surface area contributed by atoms with Crippen molar-refractivity contribution in [3.05, 3.63) is 29.6 Å². The summed E-state index contributed by atoms with van der Waals surface area (Å²) in [7, 11) is 0. The van der Waals surface area contributed by atoms with Crippen molar-refractivity contribution < 1.29 is 9.18 Å². The fourth-order valence-corrected chi connectivity index (χ4v) is 2.31. The van der Waals surface area contributed by atoms with Crippen LogP contribution in [0.25, 0.3) is 0 Å². The van der Waals surface area contributed by atoms with Crippen LogP contribution in [0.5, 0.6) is 0 Å². The molecule has 5 heteroatoms. The van der Waals surface area contributed by atoms with Gasteiger partial charge in [0.05, 0.1) is 11.6 Å². The quantitative estimate of drug-likeness (QED) is 0.774. The molecule has 1 saturated heterocycles. The summed E-state index contributed by atoms with van der Waals surface area (Å²) in [6.07, 6.45) is 0.845. The molecule has 0 N–H and O–H groups in total. The molecule has 4 nitrogen and oxygen atoms in total. The number of carbonyl (C=O) groups excluding carboxylic acids is 1. The van der Waals surface area contributed by atoms with E-state index in [2.05, 4.69) is 0 Å². The van der Waals surface area contributed by atoms with Crippen molar-refractivity contribution in [2.45, 2.75) is 13.3 Å².